The summed E-state index contributed by atoms with van der Waals surface area (Å²) in [5, 5.41) is 25.0. The molecular formula is C50H38O16S11. The summed E-state index contributed by atoms with van der Waals surface area (Å²) in [6.45, 7) is 1.67. The van der Waals surface area contributed by atoms with Crippen LogP contribution in [0.1, 0.15) is 5.56 Å². The minimum atomic E-state index is -4.91. The molecule has 0 aliphatic rings. The number of aryl methyl sites for hydroxylation is 1. The molecule has 0 atom stereocenters. The molecule has 0 saturated carbocycles. The summed E-state index contributed by atoms with van der Waals surface area (Å²) in [5.41, 5.74) is 2.16. The van der Waals surface area contributed by atoms with Gasteiger partial charge in [-0.25, -0.2) is 27.4 Å². The van der Waals surface area contributed by atoms with Crippen molar-refractivity contribution in [3.05, 3.63) is 175 Å². The van der Waals surface area contributed by atoms with E-state index in [9.17, 15) is 42.8 Å². The van der Waals surface area contributed by atoms with Crippen molar-refractivity contribution >= 4 is 123 Å². The fourth-order valence-electron chi connectivity index (χ4n) is 7.07. The van der Waals surface area contributed by atoms with Crippen LogP contribution in [0, 0.1) is 6.92 Å². The largest absolute Gasteiger partial charge is 0.295 e. The predicted octanol–water partition coefficient (Wildman–Crippen LogP) is 14.0. The third-order valence-electron chi connectivity index (χ3n) is 10.9. The van der Waals surface area contributed by atoms with E-state index in [1.54, 1.807) is 66.8 Å². The predicted molar refractivity (Wildman–Crippen MR) is 295 cm³/mol. The molecule has 400 valence electrons. The van der Waals surface area contributed by atoms with Gasteiger partial charge in [-0.3, -0.25) is 9.11 Å². The molecule has 0 aliphatic carbocycles. The van der Waals surface area contributed by atoms with Gasteiger partial charge in [-0.05, 0) is 169 Å². The monoisotopic (exact) mass is 1250 g/mol. The maximum atomic E-state index is 14.1. The summed E-state index contributed by atoms with van der Waals surface area (Å²) < 4.78 is 136. The molecule has 0 spiro atoms. The van der Waals surface area contributed by atoms with E-state index >= 15 is 0 Å². The first-order valence-electron chi connectivity index (χ1n) is 21.6. The van der Waals surface area contributed by atoms with Gasteiger partial charge in [-0.1, -0.05) is 87.5 Å². The molecule has 0 fully saturated rings. The zero-order valence-corrected chi connectivity index (χ0v) is 48.3. The van der Waals surface area contributed by atoms with Crippen molar-refractivity contribution in [3.8, 4) is 11.1 Å². The van der Waals surface area contributed by atoms with Crippen LogP contribution in [-0.4, -0.2) is 59.5 Å². The van der Waals surface area contributed by atoms with Gasteiger partial charge in [0.25, 0.3) is 20.2 Å². The fourth-order valence-corrected chi connectivity index (χ4v) is 16.9. The lowest BCUT2D eigenvalue weighted by atomic mass is 10.1. The third kappa shape index (κ3) is 14.7. The lowest BCUT2D eigenvalue weighted by Gasteiger charge is -2.13. The summed E-state index contributed by atoms with van der Waals surface area (Å²) in [6.07, 6.45) is 2.00. The van der Waals surface area contributed by atoms with E-state index in [-0.39, 0.29) is 24.5 Å². The van der Waals surface area contributed by atoms with Crippen molar-refractivity contribution in [2.45, 2.75) is 90.1 Å². The number of sulfone groups is 2. The zero-order valence-electron chi connectivity index (χ0n) is 39.3. The minimum absolute atomic E-state index is 0.0602. The summed E-state index contributed by atoms with van der Waals surface area (Å²) in [6, 6.07) is 44.8. The second kappa shape index (κ2) is 25.4. The average Bonchev–Trinajstić information content (AvgIpc) is 3.42. The lowest BCUT2D eigenvalue weighted by molar-refractivity contribution is -0.432. The minimum Gasteiger partial charge on any atom is -0.282 e. The van der Waals surface area contributed by atoms with Crippen molar-refractivity contribution in [2.24, 2.45) is 0 Å². The molecule has 0 aromatic heterocycles. The highest BCUT2D eigenvalue weighted by atomic mass is 32.2. The summed E-state index contributed by atoms with van der Waals surface area (Å²) in [4.78, 5) is 3.72. The van der Waals surface area contributed by atoms with Crippen LogP contribution in [-0.2, 0) is 58.7 Å². The molecule has 0 radical (unpaired) electrons. The molecule has 0 bridgehead atoms. The highest BCUT2D eigenvalue weighted by Crippen LogP contribution is 2.42. The maximum absolute atomic E-state index is 14.1. The Balaban J connectivity index is 0.957. The van der Waals surface area contributed by atoms with Crippen LogP contribution >= 0.6 is 82.9 Å². The van der Waals surface area contributed by atoms with Gasteiger partial charge in [0.2, 0.25) is 19.7 Å². The summed E-state index contributed by atoms with van der Waals surface area (Å²) in [7, 11) is -18.5. The smallest absolute Gasteiger partial charge is 0.282 e. The number of thioether (sulfide) groups is 1. The quantitative estimate of drug-likeness (QED) is 0.0162. The van der Waals surface area contributed by atoms with Crippen molar-refractivity contribution in [3.63, 3.8) is 0 Å². The number of benzene rings is 8. The molecule has 27 heteroatoms. The molecule has 0 unspecified atom stereocenters. The van der Waals surface area contributed by atoms with Gasteiger partial charge in [0.1, 0.15) is 9.79 Å². The molecule has 0 amide bonds. The molecule has 8 aromatic rings. The number of hydrogen-bond acceptors (Lipinski definition) is 21. The topological polar surface area (TPSA) is 254 Å². The van der Waals surface area contributed by atoms with E-state index in [0.717, 1.165) is 61.5 Å². The molecular weight excluding hydrogens is 1210 g/mol. The molecule has 0 heterocycles. The highest BCUT2D eigenvalue weighted by Gasteiger charge is 2.27. The maximum Gasteiger partial charge on any atom is 0.295 e. The Bertz CT molecular complexity index is 3900. The Morgan fingerprint density at radius 1 is 0.364 bits per heavy atom. The zero-order chi connectivity index (χ0) is 55.1. The molecule has 0 saturated heterocycles. The normalized spacial score (nSPS) is 12.2. The van der Waals surface area contributed by atoms with E-state index in [2.05, 4.69) is 14.4 Å². The highest BCUT2D eigenvalue weighted by molar-refractivity contribution is 8.01. The first-order valence-corrected chi connectivity index (χ1v) is 33.4. The Hall–Kier alpha value is -4.31. The van der Waals surface area contributed by atoms with Crippen LogP contribution in [0.5, 0.6) is 0 Å². The Labute approximate surface area is 473 Å². The van der Waals surface area contributed by atoms with Crippen molar-refractivity contribution in [1.29, 1.82) is 0 Å². The third-order valence-corrected chi connectivity index (χ3v) is 22.9. The van der Waals surface area contributed by atoms with Gasteiger partial charge in [0.05, 0.1) is 48.6 Å². The lowest BCUT2D eigenvalue weighted by Crippen LogP contribution is -2.06. The van der Waals surface area contributed by atoms with Crippen molar-refractivity contribution in [2.75, 3.05) is 6.26 Å². The standard InChI is InChI=1S/C50H38O16S11/c1-31-3-20-40(27-47(31)72-65-63-51)74(53,54)42-22-25-45(49(29-42)76(57,58)59)70-38-10-6-33(7-11-38)32-4-8-37(9-5-32)69-44-24-21-41(28-48(44)73-66-64-52)75(55,56)43-23-26-46(50(30-43)77(60,61)62)71-39-18-16-36(17-19-39)68-35-14-12-34(67-2)13-15-35/h3-30,51-52H,1-2H3,(H,57,58,59)(H,60,61,62). The fraction of sp³-hybridized carbons (Fsp3) is 0.0400. The van der Waals surface area contributed by atoms with Gasteiger partial charge < -0.3 is 0 Å². The van der Waals surface area contributed by atoms with E-state index < -0.39 is 59.5 Å². The Morgan fingerprint density at radius 2 is 0.688 bits per heavy atom. The van der Waals surface area contributed by atoms with Gasteiger partial charge in [-0.15, -0.1) is 20.4 Å². The second-order valence-corrected chi connectivity index (χ2v) is 29.3. The summed E-state index contributed by atoms with van der Waals surface area (Å²) in [5.74, 6) is 0. The van der Waals surface area contributed by atoms with Crippen molar-refractivity contribution < 1.29 is 72.0 Å². The molecule has 77 heavy (non-hydrogen) atoms. The van der Waals surface area contributed by atoms with Crippen molar-refractivity contribution in [1.82, 2.24) is 0 Å². The van der Waals surface area contributed by atoms with Crippen LogP contribution in [0.15, 0.2) is 253 Å². The Kier molecular flexibility index (Phi) is 19.4. The van der Waals surface area contributed by atoms with Crippen LogP contribution in [0.2, 0.25) is 0 Å². The van der Waals surface area contributed by atoms with E-state index in [0.29, 0.717) is 54.1 Å². The van der Waals surface area contributed by atoms with Crippen LogP contribution in [0.25, 0.3) is 11.1 Å². The first kappa shape index (κ1) is 58.8. The number of hydrogen-bond donors (Lipinski definition) is 4. The van der Waals surface area contributed by atoms with Crippen LogP contribution in [0.3, 0.4) is 0 Å². The van der Waals surface area contributed by atoms with Gasteiger partial charge in [0.15, 0.2) is 0 Å². The first-order chi connectivity index (χ1) is 36.7. The van der Waals surface area contributed by atoms with Gasteiger partial charge in [0, 0.05) is 49.0 Å². The Morgan fingerprint density at radius 3 is 1.09 bits per heavy atom. The molecule has 8 aromatic carbocycles. The molecule has 0 aliphatic heterocycles. The van der Waals surface area contributed by atoms with Gasteiger partial charge >= 0.3 is 0 Å². The SMILES string of the molecule is CSc1ccc(Sc2ccc(Sc3ccc(S(=O)(=O)c4ccc(Sc5ccc(-c6ccc(Sc7ccc(S(=O)(=O)c8ccc(C)c(SOOO)c8)cc7S(=O)(=O)O)cc6)cc5)c(SOOO)c4)cc3S(=O)(=O)O)cc2)cc1. The molecule has 4 N–H and O–H groups in total. The number of rotatable bonds is 22. The average molecular weight is 1250 g/mol. The van der Waals surface area contributed by atoms with Gasteiger partial charge in [-0.2, -0.15) is 16.8 Å². The molecule has 8 rings (SSSR count). The van der Waals surface area contributed by atoms with E-state index in [1.807, 2.05) is 66.9 Å². The molecule has 16 nitrogen and oxygen atoms in total. The summed E-state index contributed by atoms with van der Waals surface area (Å²) >= 11 is 7.54. The van der Waals surface area contributed by atoms with E-state index in [4.69, 9.17) is 14.8 Å². The van der Waals surface area contributed by atoms with Crippen LogP contribution in [0.4, 0.5) is 0 Å². The van der Waals surface area contributed by atoms with E-state index in [1.165, 1.54) is 72.4 Å². The second-order valence-electron chi connectivity index (χ2n) is 15.8. The van der Waals surface area contributed by atoms with Crippen LogP contribution < -0.4 is 0 Å².